The van der Waals surface area contributed by atoms with Gasteiger partial charge in [-0.05, 0) is 37.1 Å². The van der Waals surface area contributed by atoms with Crippen LogP contribution in [-0.4, -0.2) is 113 Å². The Balaban J connectivity index is 1.41. The zero-order chi connectivity index (χ0) is 40.0. The lowest BCUT2D eigenvalue weighted by Gasteiger charge is -2.24. The number of nitrogens with one attached hydrogen (secondary N) is 6. The average molecular weight is 772 g/mol. The lowest BCUT2D eigenvalue weighted by molar-refractivity contribution is -0.120. The maximum absolute atomic E-state index is 12.9. The van der Waals surface area contributed by atoms with Gasteiger partial charge in [-0.25, -0.2) is 0 Å². The van der Waals surface area contributed by atoms with Gasteiger partial charge in [-0.2, -0.15) is 29.9 Å². The van der Waals surface area contributed by atoms with Gasteiger partial charge < -0.3 is 58.9 Å². The molecule has 0 spiro atoms. The van der Waals surface area contributed by atoms with Crippen LogP contribution < -0.4 is 58.9 Å². The maximum atomic E-state index is 12.9. The summed E-state index contributed by atoms with van der Waals surface area (Å²) in [4.78, 5) is 67.0. The molecule has 2 aromatic heterocycles. The summed E-state index contributed by atoms with van der Waals surface area (Å²) in [7, 11) is 0. The normalized spacial score (nSPS) is 10.6. The fourth-order valence-corrected chi connectivity index (χ4v) is 5.19. The van der Waals surface area contributed by atoms with Gasteiger partial charge in [0.15, 0.2) is 0 Å². The summed E-state index contributed by atoms with van der Waals surface area (Å²) >= 11 is 0. The van der Waals surface area contributed by atoms with Gasteiger partial charge in [-0.1, -0.05) is 60.7 Å². The predicted molar refractivity (Wildman–Crippen MR) is 217 cm³/mol. The van der Waals surface area contributed by atoms with E-state index in [2.05, 4.69) is 56.8 Å². The van der Waals surface area contributed by atoms with Crippen LogP contribution in [0.3, 0.4) is 0 Å². The van der Waals surface area contributed by atoms with Crippen LogP contribution in [0.5, 0.6) is 0 Å². The Morgan fingerprint density at radius 2 is 1.02 bits per heavy atom. The SMILES string of the molecule is CC(=O)NCCNc1nc(NCC(=O)NCCNc2nc(NCC(N)=O)nc(N(Cc3ccccc3)Cc3ccccc3)n2)nc(N(CCCN)CCCN)n1. The Hall–Kier alpha value is -6.41. The van der Waals surface area contributed by atoms with Crippen LogP contribution in [0.15, 0.2) is 60.7 Å². The van der Waals surface area contributed by atoms with Crippen LogP contribution in [0, 0.1) is 0 Å². The third kappa shape index (κ3) is 15.5. The number of hydrogen-bond donors (Lipinski definition) is 9. The zero-order valence-electron chi connectivity index (χ0n) is 31.7. The standard InChI is InChI=1S/C36H53N17O3/c1-26(54)40-16-18-42-31-47-34(50-35(48-31)52(20-8-14-37)21-9-15-38)45-23-30(56)41-17-19-43-32-46-33(44-22-29(39)55)51-36(49-32)53(24-27-10-4-2-5-11-27)25-28-12-6-3-7-13-28/h2-7,10-13H,8-9,14-25,37-38H2,1H3,(H2,39,55)(H,40,54)(H,41,56)(H2,42,45,47,48,50)(H2,43,44,46,49,51). The molecule has 0 saturated carbocycles. The Bertz CT molecular complexity index is 1750. The summed E-state index contributed by atoms with van der Waals surface area (Å²) in [6.45, 7) is 5.64. The summed E-state index contributed by atoms with van der Waals surface area (Å²) in [5, 5.41) is 17.7. The van der Waals surface area contributed by atoms with Gasteiger partial charge >= 0.3 is 0 Å². The van der Waals surface area contributed by atoms with Crippen molar-refractivity contribution in [2.24, 2.45) is 17.2 Å². The van der Waals surface area contributed by atoms with E-state index in [0.29, 0.717) is 64.3 Å². The van der Waals surface area contributed by atoms with Crippen LogP contribution >= 0.6 is 0 Å². The van der Waals surface area contributed by atoms with Gasteiger partial charge in [-0.3, -0.25) is 14.4 Å². The van der Waals surface area contributed by atoms with E-state index in [-0.39, 0.29) is 61.8 Å². The fraction of sp³-hybridized carbons (Fsp3) is 0.417. The number of hydrogen-bond acceptors (Lipinski definition) is 17. The first kappa shape index (κ1) is 42.3. The molecule has 20 heteroatoms. The number of carbonyl (C=O) groups excluding carboxylic acids is 3. The molecular weight excluding hydrogens is 719 g/mol. The largest absolute Gasteiger partial charge is 0.368 e. The molecule has 3 amide bonds. The molecule has 0 aliphatic rings. The van der Waals surface area contributed by atoms with Crippen molar-refractivity contribution in [1.82, 2.24) is 40.5 Å². The van der Waals surface area contributed by atoms with Crippen LogP contribution in [0.1, 0.15) is 30.9 Å². The molecule has 12 N–H and O–H groups in total. The third-order valence-corrected chi connectivity index (χ3v) is 7.85. The van der Waals surface area contributed by atoms with E-state index >= 15 is 0 Å². The van der Waals surface area contributed by atoms with E-state index in [1.54, 1.807) is 0 Å². The first-order chi connectivity index (χ1) is 27.2. The van der Waals surface area contributed by atoms with Gasteiger partial charge in [0.05, 0.1) is 13.1 Å². The second kappa shape index (κ2) is 23.4. The number of carbonyl (C=O) groups is 3. The lowest BCUT2D eigenvalue weighted by atomic mass is 10.2. The molecule has 0 fully saturated rings. The van der Waals surface area contributed by atoms with E-state index in [1.165, 1.54) is 6.92 Å². The van der Waals surface area contributed by atoms with Crippen molar-refractivity contribution in [3.63, 3.8) is 0 Å². The molecular formula is C36H53N17O3. The molecule has 0 saturated heterocycles. The van der Waals surface area contributed by atoms with E-state index in [1.807, 2.05) is 70.5 Å². The quantitative estimate of drug-likeness (QED) is 0.0375. The Labute approximate surface area is 326 Å². The Kier molecular flexibility index (Phi) is 17.7. The number of anilines is 6. The lowest BCUT2D eigenvalue weighted by Crippen LogP contribution is -2.34. The van der Waals surface area contributed by atoms with Crippen molar-refractivity contribution < 1.29 is 14.4 Å². The third-order valence-electron chi connectivity index (χ3n) is 7.85. The fourth-order valence-electron chi connectivity index (χ4n) is 5.19. The summed E-state index contributed by atoms with van der Waals surface area (Å²) < 4.78 is 0. The van der Waals surface area contributed by atoms with E-state index < -0.39 is 5.91 Å². The van der Waals surface area contributed by atoms with E-state index in [0.717, 1.165) is 24.0 Å². The number of aromatic nitrogens is 6. The number of nitrogens with two attached hydrogens (primary N) is 3. The minimum Gasteiger partial charge on any atom is -0.368 e. The Morgan fingerprint density at radius 3 is 1.48 bits per heavy atom. The van der Waals surface area contributed by atoms with Crippen molar-refractivity contribution in [1.29, 1.82) is 0 Å². The molecule has 20 nitrogen and oxygen atoms in total. The highest BCUT2D eigenvalue weighted by molar-refractivity contribution is 5.80. The zero-order valence-corrected chi connectivity index (χ0v) is 31.7. The molecule has 2 heterocycles. The van der Waals surface area contributed by atoms with Gasteiger partial charge in [0.2, 0.25) is 53.4 Å². The molecule has 0 aliphatic heterocycles. The monoisotopic (exact) mass is 771 g/mol. The van der Waals surface area contributed by atoms with Gasteiger partial charge in [0.1, 0.15) is 0 Å². The van der Waals surface area contributed by atoms with Crippen molar-refractivity contribution in [2.75, 3.05) is 96.5 Å². The molecule has 0 bridgehead atoms. The molecule has 2 aromatic carbocycles. The topological polar surface area (TPSA) is 285 Å². The average Bonchev–Trinajstić information content (AvgIpc) is 3.20. The van der Waals surface area contributed by atoms with Gasteiger partial charge in [0.25, 0.3) is 0 Å². The second-order valence-corrected chi connectivity index (χ2v) is 12.5. The molecule has 4 rings (SSSR count). The van der Waals surface area contributed by atoms with Crippen LogP contribution in [0.2, 0.25) is 0 Å². The smallest absolute Gasteiger partial charge is 0.239 e. The van der Waals surface area contributed by atoms with Crippen molar-refractivity contribution in [3.05, 3.63) is 71.8 Å². The van der Waals surface area contributed by atoms with E-state index in [9.17, 15) is 14.4 Å². The van der Waals surface area contributed by atoms with Crippen LogP contribution in [0.25, 0.3) is 0 Å². The van der Waals surface area contributed by atoms with Crippen molar-refractivity contribution in [3.8, 4) is 0 Å². The summed E-state index contributed by atoms with van der Waals surface area (Å²) in [5.74, 6) is 0.641. The van der Waals surface area contributed by atoms with Crippen molar-refractivity contribution in [2.45, 2.75) is 32.9 Å². The summed E-state index contributed by atoms with van der Waals surface area (Å²) in [6.07, 6.45) is 1.44. The minimum absolute atomic E-state index is 0.120. The van der Waals surface area contributed by atoms with Crippen LogP contribution in [0.4, 0.5) is 35.7 Å². The maximum Gasteiger partial charge on any atom is 0.239 e. The second-order valence-electron chi connectivity index (χ2n) is 12.5. The van der Waals surface area contributed by atoms with Gasteiger partial charge in [-0.15, -0.1) is 0 Å². The van der Waals surface area contributed by atoms with Crippen molar-refractivity contribution >= 4 is 53.4 Å². The first-order valence-corrected chi connectivity index (χ1v) is 18.5. The molecule has 300 valence electrons. The molecule has 0 atom stereocenters. The highest BCUT2D eigenvalue weighted by Crippen LogP contribution is 2.20. The first-order valence-electron chi connectivity index (χ1n) is 18.5. The number of amides is 3. The predicted octanol–water partition coefficient (Wildman–Crippen LogP) is -0.147. The molecule has 0 radical (unpaired) electrons. The number of rotatable bonds is 26. The molecule has 56 heavy (non-hydrogen) atoms. The van der Waals surface area contributed by atoms with Gasteiger partial charge in [0, 0.05) is 59.3 Å². The minimum atomic E-state index is -0.568. The van der Waals surface area contributed by atoms with Crippen LogP contribution in [-0.2, 0) is 27.5 Å². The molecule has 0 unspecified atom stereocenters. The number of benzene rings is 2. The molecule has 4 aromatic rings. The summed E-state index contributed by atoms with van der Waals surface area (Å²) in [5.41, 5.74) is 19.0. The number of nitrogens with zero attached hydrogens (tertiary/aromatic N) is 8. The number of primary amides is 1. The Morgan fingerprint density at radius 1 is 0.571 bits per heavy atom. The summed E-state index contributed by atoms with van der Waals surface area (Å²) in [6, 6.07) is 19.9. The highest BCUT2D eigenvalue weighted by Gasteiger charge is 2.17. The highest BCUT2D eigenvalue weighted by atomic mass is 16.2. The molecule has 0 aliphatic carbocycles. The van der Waals surface area contributed by atoms with E-state index in [4.69, 9.17) is 22.2 Å².